The van der Waals surface area contributed by atoms with Gasteiger partial charge < -0.3 is 129 Å². The number of primary amides is 2. The molecule has 0 unspecified atom stereocenters. The molecule has 3 fully saturated rings. The number of fused-ring (bicyclic) bond motifs is 4. The number of amides is 17. The largest absolute Gasteiger partial charge is 0.508 e. The zero-order chi connectivity index (χ0) is 101. The average Bonchev–Trinajstić information content (AvgIpc) is 1.63. The van der Waals surface area contributed by atoms with Crippen molar-refractivity contribution < 1.29 is 117 Å². The molecule has 0 saturated carbocycles. The summed E-state index contributed by atoms with van der Waals surface area (Å²) in [5, 5.41) is 79.5. The number of rotatable bonds is 27. The summed E-state index contributed by atoms with van der Waals surface area (Å²) in [5.41, 5.74) is 13.6. The van der Waals surface area contributed by atoms with Crippen LogP contribution in [0.2, 0.25) is 0 Å². The van der Waals surface area contributed by atoms with Gasteiger partial charge in [-0.3, -0.25) is 91.1 Å². The Labute approximate surface area is 799 Å². The Bertz CT molecular complexity index is 5400. The number of carboxylic acids is 2. The van der Waals surface area contributed by atoms with Crippen molar-refractivity contribution in [3.63, 3.8) is 0 Å². The molecule has 3 aromatic carbocycles. The molecule has 3 aromatic heterocycles. The van der Waals surface area contributed by atoms with Crippen molar-refractivity contribution in [1.29, 1.82) is 0 Å². The van der Waals surface area contributed by atoms with E-state index in [4.69, 9.17) is 11.5 Å². The number of nitrogens with two attached hydrogens (primary N) is 2. The number of aromatic amines is 2. The predicted octanol–water partition coefficient (Wildman–Crippen LogP) is -2.77. The van der Waals surface area contributed by atoms with E-state index in [0.29, 0.717) is 57.8 Å². The Kier molecular flexibility index (Phi) is 39.5. The maximum atomic E-state index is 15.9. The molecule has 45 nitrogen and oxygen atoms in total. The highest BCUT2D eigenvalue weighted by Crippen LogP contribution is 2.29. The predicted molar refractivity (Wildman–Crippen MR) is 499 cm³/mol. The number of thioether (sulfide) groups is 1. The first kappa shape index (κ1) is 108. The van der Waals surface area contributed by atoms with Crippen molar-refractivity contribution in [3.8, 4) is 5.75 Å². The first-order valence-electron chi connectivity index (χ1n) is 45.7. The molecule has 138 heavy (non-hydrogen) atoms. The minimum atomic E-state index is -2.00. The minimum Gasteiger partial charge on any atom is -0.508 e. The molecule has 9 rings (SSSR count). The van der Waals surface area contributed by atoms with E-state index in [1.54, 1.807) is 68.6 Å². The molecular weight excluding hydrogens is 1820 g/mol. The maximum Gasteiger partial charge on any atom is 0.323 e. The number of aliphatic carboxylic acids is 2. The Morgan fingerprint density at radius 3 is 1.78 bits per heavy atom. The molecule has 0 aliphatic carbocycles. The normalized spacial score (nSPS) is 24.5. The second-order valence-corrected chi connectivity index (χ2v) is 36.3. The summed E-state index contributed by atoms with van der Waals surface area (Å²) in [6.45, 7) is 4.84. The van der Waals surface area contributed by atoms with Crippen LogP contribution in [0.25, 0.3) is 21.8 Å². The quantitative estimate of drug-likeness (QED) is 0.0248. The van der Waals surface area contributed by atoms with Crippen LogP contribution in [-0.4, -0.2) is 331 Å². The number of carbonyl (C=O) groups is 19. The molecule has 0 spiro atoms. The first-order valence-corrected chi connectivity index (χ1v) is 46.9. The zero-order valence-corrected chi connectivity index (χ0v) is 78.9. The number of nitrogens with one attached hydrogen (secondary N) is 12. The Morgan fingerprint density at radius 1 is 0.565 bits per heavy atom. The van der Waals surface area contributed by atoms with Gasteiger partial charge in [0.25, 0.3) is 0 Å². The molecule has 3 saturated heterocycles. The standard InChI is InChI=1S/C92H125N21O24S/c1-9-11-21-70-85(130)101-61(32-49(3)4)81(126)107-68(80(125)97-41-77(120)121)46-138-47-76(119)99-64(33-51-25-27-55(115)28-26-51)88(133)108(6)50(5)79(124)104-66(38-75(94)118)91(136)112-31-17-24-71(112)86(131)103-63(36-54-40-95-48-98-54)83(128)100-60(29-30-74(93)117)90(135)113-43-56(116)37-73(113)87(132)102-62(34-52-39-96-59-20-15-13-18-57(52)59)82(127)106-67(45-114)84(129)105-65(89(134)110(8)72(22-12-10-2)92(137)109(70)7)35-53-42-111(44-78(122)123)69-23-16-14-19-58(53)69/h13-16,18-20,23,25-28,39-40,42,48-50,56,60-68,70-73,96,114-116H,9-12,17,21-22,24,29-38,41,43-47H2,1-8H3,(H2,93,117)(H2,94,118)(H,95,98)(H,97,125)(H,99,119)(H,100,128)(H,101,130)(H,102,132)(H,103,131)(H,104,124)(H,105,129)(H,106,127)(H,107,126)(H,120,121)(H,122,123)/t50-,56+,60-,61-,62-,63-,64-,65-,66+,67-,68-,70-,71-,72-,73-/m0/s1. The topological polar surface area (TPSA) is 663 Å². The Balaban J connectivity index is 1.12. The summed E-state index contributed by atoms with van der Waals surface area (Å²) < 4.78 is 1.39. The van der Waals surface area contributed by atoms with Gasteiger partial charge in [0.1, 0.15) is 103 Å². The molecule has 15 atom stereocenters. The highest BCUT2D eigenvalue weighted by molar-refractivity contribution is 8.00. The van der Waals surface area contributed by atoms with Crippen molar-refractivity contribution in [2.45, 2.75) is 241 Å². The van der Waals surface area contributed by atoms with E-state index in [1.165, 1.54) is 75.6 Å². The van der Waals surface area contributed by atoms with Crippen molar-refractivity contribution in [1.82, 2.24) is 97.2 Å². The van der Waals surface area contributed by atoms with Gasteiger partial charge in [0.2, 0.25) is 100 Å². The number of imidazole rings is 1. The SMILES string of the molecule is CCCC[C@H]1C(=O)N(C)[C@@H](CCCC)C(=O)N[C@@H](CC(C)C)C(=O)N[C@H](C(=O)NCC(=O)O)CSCC(=O)N[C@@H](Cc2ccc(O)cc2)C(=O)N(C)[C@@H](C)C(=O)N[C@H](CC(N)=O)C(=O)N2CCC[C@H]2C(=O)N[C@@H](Cc2cnc[nH]2)C(=O)N[C@@H](CCC(N)=O)C(=O)N2C[C@H](O)C[C@H]2C(=O)N[C@@H](Cc2c[nH]c3ccccc23)C(=O)N[C@@H](CO)C(=O)N[C@@H](Cc2cn(CC(=O)O)c3ccccc23)C(=O)N1C. The maximum absolute atomic E-state index is 15.9. The Hall–Kier alpha value is -14.1. The fourth-order valence-corrected chi connectivity index (χ4v) is 17.9. The third kappa shape index (κ3) is 29.5. The van der Waals surface area contributed by atoms with E-state index < -0.39 is 286 Å². The number of phenolic OH excluding ortho intramolecular Hbond substituents is 1. The molecule has 3 aliphatic rings. The number of H-pyrrole nitrogens is 2. The van der Waals surface area contributed by atoms with Crippen LogP contribution in [0, 0.1) is 5.92 Å². The summed E-state index contributed by atoms with van der Waals surface area (Å²) in [7, 11) is 3.79. The second kappa shape index (κ2) is 50.7. The Morgan fingerprint density at radius 2 is 1.14 bits per heavy atom. The van der Waals surface area contributed by atoms with Crippen LogP contribution in [0.3, 0.4) is 0 Å². The van der Waals surface area contributed by atoms with E-state index in [2.05, 4.69) is 68.1 Å². The van der Waals surface area contributed by atoms with Gasteiger partial charge in [0, 0.05) is 125 Å². The summed E-state index contributed by atoms with van der Waals surface area (Å²) in [6, 6.07) is -4.21. The number of hydrogen-bond donors (Lipinski definition) is 19. The number of carboxylic acid groups (broad SMARTS) is 2. The third-order valence-corrected chi connectivity index (χ3v) is 25.5. The van der Waals surface area contributed by atoms with Gasteiger partial charge >= 0.3 is 11.9 Å². The number of phenols is 1. The molecule has 21 N–H and O–H groups in total. The van der Waals surface area contributed by atoms with Gasteiger partial charge in [0.15, 0.2) is 0 Å². The van der Waals surface area contributed by atoms with Gasteiger partial charge in [-0.1, -0.05) is 102 Å². The molecular formula is C92H125N21O24S. The van der Waals surface area contributed by atoms with Crippen LogP contribution in [-0.2, 0) is 123 Å². The fraction of sp³-hybridized carbons (Fsp3) is 0.522. The minimum absolute atomic E-state index is 0.0371. The number of likely N-dealkylation sites (N-methyl/N-ethyl adjacent to an activating group) is 3. The molecule has 0 radical (unpaired) electrons. The lowest BCUT2D eigenvalue weighted by Gasteiger charge is -2.36. The zero-order valence-electron chi connectivity index (χ0n) is 78.1. The molecule has 6 aromatic rings. The smallest absolute Gasteiger partial charge is 0.323 e. The van der Waals surface area contributed by atoms with E-state index in [1.807, 2.05) is 13.8 Å². The summed E-state index contributed by atoms with van der Waals surface area (Å²) in [6.07, 6.45) is 1.36. The van der Waals surface area contributed by atoms with Crippen LogP contribution in [0.4, 0.5) is 0 Å². The number of aromatic nitrogens is 4. The molecule has 46 heteroatoms. The van der Waals surface area contributed by atoms with Crippen molar-refractivity contribution in [3.05, 3.63) is 120 Å². The first-order chi connectivity index (χ1) is 65.6. The molecule has 17 amide bonds. The highest BCUT2D eigenvalue weighted by atomic mass is 32.2. The molecule has 0 bridgehead atoms. The lowest BCUT2D eigenvalue weighted by atomic mass is 9.99. The molecule has 6 heterocycles. The number of aliphatic hydroxyl groups is 2. The van der Waals surface area contributed by atoms with Crippen LogP contribution in [0.15, 0.2) is 97.7 Å². The van der Waals surface area contributed by atoms with Crippen LogP contribution < -0.4 is 64.6 Å². The number of hydrogen-bond acceptors (Lipinski definition) is 24. The van der Waals surface area contributed by atoms with E-state index in [9.17, 15) is 78.3 Å². The van der Waals surface area contributed by atoms with Crippen molar-refractivity contribution in [2.75, 3.05) is 58.9 Å². The van der Waals surface area contributed by atoms with Crippen LogP contribution >= 0.6 is 11.8 Å². The number of unbranched alkanes of at least 4 members (excludes halogenated alkanes) is 2. The van der Waals surface area contributed by atoms with Gasteiger partial charge in [-0.15, -0.1) is 11.8 Å². The van der Waals surface area contributed by atoms with Crippen LogP contribution in [0.5, 0.6) is 5.75 Å². The van der Waals surface area contributed by atoms with Crippen molar-refractivity contribution in [2.24, 2.45) is 17.4 Å². The van der Waals surface area contributed by atoms with E-state index in [0.717, 1.165) is 36.3 Å². The molecule has 748 valence electrons. The monoisotopic (exact) mass is 1940 g/mol. The lowest BCUT2D eigenvalue weighted by molar-refractivity contribution is -0.149. The third-order valence-electron chi connectivity index (χ3n) is 24.5. The lowest BCUT2D eigenvalue weighted by Crippen LogP contribution is -2.62. The number of para-hydroxylation sites is 2. The van der Waals surface area contributed by atoms with Crippen molar-refractivity contribution >= 4 is 146 Å². The number of aliphatic hydroxyl groups excluding tert-OH is 2. The number of aromatic hydroxyl groups is 1. The second-order valence-electron chi connectivity index (χ2n) is 35.3. The number of benzene rings is 3. The highest BCUT2D eigenvalue weighted by Gasteiger charge is 2.47. The summed E-state index contributed by atoms with van der Waals surface area (Å²) in [4.78, 5) is 290. The van der Waals surface area contributed by atoms with Crippen LogP contribution in [0.1, 0.15) is 140 Å². The molecule has 3 aliphatic heterocycles. The van der Waals surface area contributed by atoms with Gasteiger partial charge in [-0.05, 0) is 92.3 Å². The van der Waals surface area contributed by atoms with Gasteiger partial charge in [0.05, 0.1) is 31.2 Å². The van der Waals surface area contributed by atoms with Gasteiger partial charge in [-0.2, -0.15) is 0 Å². The van der Waals surface area contributed by atoms with E-state index in [-0.39, 0.29) is 68.9 Å². The average molecular weight is 1940 g/mol. The number of nitrogens with zero attached hydrogens (tertiary/aromatic N) is 7. The van der Waals surface area contributed by atoms with E-state index >= 15 is 38.4 Å². The summed E-state index contributed by atoms with van der Waals surface area (Å²) in [5.74, 6) is -21.5. The van der Waals surface area contributed by atoms with Gasteiger partial charge in [-0.25, -0.2) is 4.98 Å². The number of carbonyl (C=O) groups excluding carboxylic acids is 17. The summed E-state index contributed by atoms with van der Waals surface area (Å²) >= 11 is 0.737. The fourth-order valence-electron chi connectivity index (χ4n) is 17.0.